The predicted molar refractivity (Wildman–Crippen MR) is 135 cm³/mol. The molecule has 1 aliphatic carbocycles. The lowest BCUT2D eigenvalue weighted by atomic mass is 9.95. The van der Waals surface area contributed by atoms with Crippen LogP contribution in [0.5, 0.6) is 22.3 Å². The van der Waals surface area contributed by atoms with Gasteiger partial charge in [0.15, 0.2) is 22.4 Å². The van der Waals surface area contributed by atoms with E-state index in [2.05, 4.69) is 10.6 Å². The van der Waals surface area contributed by atoms with Gasteiger partial charge in [-0.15, -0.1) is 11.3 Å². The van der Waals surface area contributed by atoms with Gasteiger partial charge in [-0.05, 0) is 54.6 Å². The third-order valence-corrected chi connectivity index (χ3v) is 6.40. The summed E-state index contributed by atoms with van der Waals surface area (Å²) in [5.74, 6) is 2.67. The zero-order valence-electron chi connectivity index (χ0n) is 18.4. The van der Waals surface area contributed by atoms with Crippen molar-refractivity contribution in [2.45, 2.75) is 38.1 Å². The standard InChI is InChI=1S/C27H27N3O2S/c1-4-11-20(12-5-1)29-25-26(32-24-17-10-18-33-24)23(31-22-15-8-3-9-16-22)19-28-27(25)30-21-13-6-2-7-14-21/h1,3-5,8-12,15-19,21,29H,2,6-7,13-14H2,(H,28,30). The summed E-state index contributed by atoms with van der Waals surface area (Å²) in [4.78, 5) is 4.78. The minimum atomic E-state index is 0.401. The number of anilines is 3. The smallest absolute Gasteiger partial charge is 0.199 e. The first kappa shape index (κ1) is 21.3. The molecule has 6 heteroatoms. The first-order valence-electron chi connectivity index (χ1n) is 11.4. The van der Waals surface area contributed by atoms with Crippen molar-refractivity contribution < 1.29 is 9.47 Å². The number of para-hydroxylation sites is 2. The Morgan fingerprint density at radius 1 is 0.818 bits per heavy atom. The lowest BCUT2D eigenvalue weighted by molar-refractivity contribution is 0.423. The maximum Gasteiger partial charge on any atom is 0.199 e. The molecule has 33 heavy (non-hydrogen) atoms. The molecule has 5 rings (SSSR count). The molecule has 0 spiro atoms. The number of benzene rings is 2. The van der Waals surface area contributed by atoms with E-state index in [0.29, 0.717) is 17.5 Å². The second-order valence-corrected chi connectivity index (χ2v) is 9.00. The molecular formula is C27H27N3O2S. The Hall–Kier alpha value is -3.51. The van der Waals surface area contributed by atoms with Crippen molar-refractivity contribution in [2.75, 3.05) is 10.6 Å². The fraction of sp³-hybridized carbons (Fsp3) is 0.222. The summed E-state index contributed by atoms with van der Waals surface area (Å²) >= 11 is 1.54. The summed E-state index contributed by atoms with van der Waals surface area (Å²) in [5, 5.41) is 10.0. The SMILES string of the molecule is c1ccc(Nc2c(NC3CCCCC3)ncc(Oc3ccccc3)c2Oc2cccs2)cc1. The first-order chi connectivity index (χ1) is 16.3. The largest absolute Gasteiger partial charge is 0.452 e. The molecule has 1 saturated carbocycles. The highest BCUT2D eigenvalue weighted by molar-refractivity contribution is 7.11. The number of pyridine rings is 1. The number of nitrogens with one attached hydrogen (secondary N) is 2. The van der Waals surface area contributed by atoms with Crippen molar-refractivity contribution in [2.24, 2.45) is 0 Å². The van der Waals surface area contributed by atoms with Crippen molar-refractivity contribution in [3.63, 3.8) is 0 Å². The van der Waals surface area contributed by atoms with E-state index < -0.39 is 0 Å². The van der Waals surface area contributed by atoms with Crippen LogP contribution in [0.2, 0.25) is 0 Å². The van der Waals surface area contributed by atoms with Gasteiger partial charge < -0.3 is 20.1 Å². The fourth-order valence-electron chi connectivity index (χ4n) is 4.02. The quantitative estimate of drug-likeness (QED) is 0.279. The van der Waals surface area contributed by atoms with Gasteiger partial charge in [-0.3, -0.25) is 0 Å². The van der Waals surface area contributed by atoms with Crippen molar-refractivity contribution in [3.05, 3.63) is 84.4 Å². The molecule has 1 fully saturated rings. The topological polar surface area (TPSA) is 55.4 Å². The van der Waals surface area contributed by atoms with Gasteiger partial charge >= 0.3 is 0 Å². The third-order valence-electron chi connectivity index (χ3n) is 5.66. The van der Waals surface area contributed by atoms with Gasteiger partial charge in [0.25, 0.3) is 0 Å². The maximum atomic E-state index is 6.41. The van der Waals surface area contributed by atoms with Crippen molar-refractivity contribution >= 4 is 28.5 Å². The second-order valence-electron chi connectivity index (χ2n) is 8.09. The number of aromatic nitrogens is 1. The van der Waals surface area contributed by atoms with E-state index >= 15 is 0 Å². The van der Waals surface area contributed by atoms with E-state index in [-0.39, 0.29) is 0 Å². The molecule has 0 aliphatic heterocycles. The molecule has 0 amide bonds. The molecule has 2 heterocycles. The van der Waals surface area contributed by atoms with E-state index in [4.69, 9.17) is 14.5 Å². The Labute approximate surface area is 198 Å². The van der Waals surface area contributed by atoms with Crippen LogP contribution in [0.3, 0.4) is 0 Å². The van der Waals surface area contributed by atoms with Crippen LogP contribution in [0.4, 0.5) is 17.2 Å². The Balaban J connectivity index is 1.57. The van der Waals surface area contributed by atoms with Crippen molar-refractivity contribution in [1.82, 2.24) is 4.98 Å². The minimum absolute atomic E-state index is 0.401. The van der Waals surface area contributed by atoms with Crippen LogP contribution in [0.15, 0.2) is 84.4 Å². The van der Waals surface area contributed by atoms with E-state index in [1.165, 1.54) is 19.3 Å². The Kier molecular flexibility index (Phi) is 6.73. The van der Waals surface area contributed by atoms with E-state index in [9.17, 15) is 0 Å². The summed E-state index contributed by atoms with van der Waals surface area (Å²) in [7, 11) is 0. The molecule has 2 N–H and O–H groups in total. The summed E-state index contributed by atoms with van der Waals surface area (Å²) in [6.45, 7) is 0. The van der Waals surface area contributed by atoms with Crippen LogP contribution in [-0.4, -0.2) is 11.0 Å². The first-order valence-corrected chi connectivity index (χ1v) is 12.3. The Morgan fingerprint density at radius 2 is 1.58 bits per heavy atom. The number of nitrogens with zero attached hydrogens (tertiary/aromatic N) is 1. The van der Waals surface area contributed by atoms with Crippen LogP contribution in [0.25, 0.3) is 0 Å². The van der Waals surface area contributed by atoms with Crippen molar-refractivity contribution in [3.8, 4) is 22.3 Å². The molecular weight excluding hydrogens is 430 g/mol. The average Bonchev–Trinajstić information content (AvgIpc) is 3.38. The summed E-state index contributed by atoms with van der Waals surface area (Å²) < 4.78 is 12.6. The summed E-state index contributed by atoms with van der Waals surface area (Å²) in [5.41, 5.74) is 1.73. The predicted octanol–water partition coefficient (Wildman–Crippen LogP) is 8.22. The second kappa shape index (κ2) is 10.4. The highest BCUT2D eigenvalue weighted by atomic mass is 32.1. The monoisotopic (exact) mass is 457 g/mol. The summed E-state index contributed by atoms with van der Waals surface area (Å²) in [6, 6.07) is 24.1. The molecule has 2 aromatic heterocycles. The van der Waals surface area contributed by atoms with Crippen LogP contribution < -0.4 is 20.1 Å². The van der Waals surface area contributed by atoms with Gasteiger partial charge in [-0.25, -0.2) is 4.98 Å². The molecule has 0 unspecified atom stereocenters. The number of hydrogen-bond acceptors (Lipinski definition) is 6. The zero-order valence-corrected chi connectivity index (χ0v) is 19.2. The van der Waals surface area contributed by atoms with Gasteiger partial charge in [0.2, 0.25) is 0 Å². The summed E-state index contributed by atoms with van der Waals surface area (Å²) in [6.07, 6.45) is 7.83. The number of ether oxygens (including phenoxy) is 2. The fourth-order valence-corrected chi connectivity index (χ4v) is 4.60. The van der Waals surface area contributed by atoms with Crippen LogP contribution in [0.1, 0.15) is 32.1 Å². The van der Waals surface area contributed by atoms with Gasteiger partial charge in [0.05, 0.1) is 6.20 Å². The molecule has 0 radical (unpaired) electrons. The normalized spacial score (nSPS) is 13.9. The van der Waals surface area contributed by atoms with Crippen LogP contribution in [0, 0.1) is 0 Å². The van der Waals surface area contributed by atoms with E-state index in [1.807, 2.05) is 78.2 Å². The molecule has 2 aromatic carbocycles. The van der Waals surface area contributed by atoms with Crippen LogP contribution >= 0.6 is 11.3 Å². The van der Waals surface area contributed by atoms with Crippen molar-refractivity contribution in [1.29, 1.82) is 0 Å². The molecule has 5 nitrogen and oxygen atoms in total. The maximum absolute atomic E-state index is 6.41. The van der Waals surface area contributed by atoms with Crippen LogP contribution in [-0.2, 0) is 0 Å². The lowest BCUT2D eigenvalue weighted by Crippen LogP contribution is -2.23. The Bertz CT molecular complexity index is 1140. The van der Waals surface area contributed by atoms with Gasteiger partial charge in [0, 0.05) is 11.7 Å². The van der Waals surface area contributed by atoms with Gasteiger partial charge in [-0.1, -0.05) is 55.7 Å². The molecule has 0 saturated heterocycles. The lowest BCUT2D eigenvalue weighted by Gasteiger charge is -2.26. The minimum Gasteiger partial charge on any atom is -0.452 e. The van der Waals surface area contributed by atoms with E-state index in [0.717, 1.165) is 40.8 Å². The van der Waals surface area contributed by atoms with E-state index in [1.54, 1.807) is 17.5 Å². The van der Waals surface area contributed by atoms with Gasteiger partial charge in [-0.2, -0.15) is 0 Å². The Morgan fingerprint density at radius 3 is 2.30 bits per heavy atom. The molecule has 1 aliphatic rings. The molecule has 4 aromatic rings. The zero-order chi connectivity index (χ0) is 22.3. The van der Waals surface area contributed by atoms with Gasteiger partial charge in [0.1, 0.15) is 11.4 Å². The third kappa shape index (κ3) is 5.46. The molecule has 0 atom stereocenters. The number of hydrogen-bond donors (Lipinski definition) is 2. The molecule has 0 bridgehead atoms. The highest BCUT2D eigenvalue weighted by Gasteiger charge is 2.23. The average molecular weight is 458 g/mol. The number of rotatable bonds is 8. The molecule has 168 valence electrons. The highest BCUT2D eigenvalue weighted by Crippen LogP contribution is 2.46. The number of thiophene rings is 1.